The van der Waals surface area contributed by atoms with Crippen molar-refractivity contribution < 1.29 is 13.9 Å². The average Bonchev–Trinajstić information content (AvgIpc) is 2.43. The summed E-state index contributed by atoms with van der Waals surface area (Å²) >= 11 is 1.90. The molecule has 0 aliphatic carbocycles. The third-order valence-corrected chi connectivity index (χ3v) is 4.26. The molecule has 20 heavy (non-hydrogen) atoms. The molecule has 4 nitrogen and oxygen atoms in total. The first-order valence-corrected chi connectivity index (χ1v) is 7.87. The summed E-state index contributed by atoms with van der Waals surface area (Å²) in [5, 5.41) is 3.16. The molecule has 2 rings (SSSR count). The number of nitrogens with two attached hydrogens (primary N) is 1. The lowest BCUT2D eigenvalue weighted by Gasteiger charge is -2.24. The van der Waals surface area contributed by atoms with E-state index in [-0.39, 0.29) is 23.9 Å². The van der Waals surface area contributed by atoms with E-state index in [2.05, 4.69) is 5.32 Å². The number of benzene rings is 1. The van der Waals surface area contributed by atoms with Gasteiger partial charge in [-0.1, -0.05) is 0 Å². The SMILES string of the molecule is CCOC(=O)c1cc(NC2CCSCC2)c(F)cc1N. The van der Waals surface area contributed by atoms with E-state index in [9.17, 15) is 9.18 Å². The van der Waals surface area contributed by atoms with Crippen LogP contribution in [-0.2, 0) is 4.74 Å². The molecule has 1 fully saturated rings. The number of hydrogen-bond donors (Lipinski definition) is 2. The molecule has 6 heteroatoms. The Bertz CT molecular complexity index is 490. The number of ether oxygens (including phenoxy) is 1. The van der Waals surface area contributed by atoms with Crippen LogP contribution in [0.25, 0.3) is 0 Å². The minimum absolute atomic E-state index is 0.102. The van der Waals surface area contributed by atoms with Crippen LogP contribution in [0.1, 0.15) is 30.1 Å². The Balaban J connectivity index is 2.19. The molecule has 1 aromatic carbocycles. The van der Waals surface area contributed by atoms with Crippen molar-refractivity contribution in [1.82, 2.24) is 0 Å². The molecule has 0 spiro atoms. The Kier molecular flexibility index (Phi) is 5.11. The van der Waals surface area contributed by atoms with Crippen LogP contribution in [0.3, 0.4) is 0 Å². The van der Waals surface area contributed by atoms with Gasteiger partial charge in [-0.25, -0.2) is 9.18 Å². The largest absolute Gasteiger partial charge is 0.462 e. The van der Waals surface area contributed by atoms with Gasteiger partial charge in [-0.3, -0.25) is 0 Å². The van der Waals surface area contributed by atoms with Crippen LogP contribution in [0.2, 0.25) is 0 Å². The number of carbonyl (C=O) groups excluding carboxylic acids is 1. The summed E-state index contributed by atoms with van der Waals surface area (Å²) in [5.74, 6) is 1.18. The van der Waals surface area contributed by atoms with Crippen LogP contribution in [0.15, 0.2) is 12.1 Å². The zero-order valence-electron chi connectivity index (χ0n) is 11.4. The number of thioether (sulfide) groups is 1. The third kappa shape index (κ3) is 3.56. The van der Waals surface area contributed by atoms with E-state index in [4.69, 9.17) is 10.5 Å². The molecule has 1 heterocycles. The van der Waals surface area contributed by atoms with Gasteiger partial charge in [-0.2, -0.15) is 11.8 Å². The molecule has 110 valence electrons. The fourth-order valence-corrected chi connectivity index (χ4v) is 3.25. The second kappa shape index (κ2) is 6.83. The molecule has 0 amide bonds. The number of esters is 1. The number of halogens is 1. The van der Waals surface area contributed by atoms with Crippen LogP contribution in [0.4, 0.5) is 15.8 Å². The van der Waals surface area contributed by atoms with E-state index < -0.39 is 11.8 Å². The van der Waals surface area contributed by atoms with Crippen LogP contribution in [0.5, 0.6) is 0 Å². The normalized spacial score (nSPS) is 15.9. The van der Waals surface area contributed by atoms with Crippen molar-refractivity contribution in [2.45, 2.75) is 25.8 Å². The molecule has 1 aromatic rings. The van der Waals surface area contributed by atoms with Crippen molar-refractivity contribution >= 4 is 29.1 Å². The molecule has 0 unspecified atom stereocenters. The molecule has 0 bridgehead atoms. The molecule has 0 aromatic heterocycles. The second-order valence-corrected chi connectivity index (χ2v) is 5.90. The predicted molar refractivity (Wildman–Crippen MR) is 80.7 cm³/mol. The van der Waals surface area contributed by atoms with Gasteiger partial charge in [0.25, 0.3) is 0 Å². The fraction of sp³-hybridized carbons (Fsp3) is 0.500. The number of nitrogen functional groups attached to an aromatic ring is 1. The zero-order chi connectivity index (χ0) is 14.5. The highest BCUT2D eigenvalue weighted by Crippen LogP contribution is 2.26. The van der Waals surface area contributed by atoms with E-state index in [0.717, 1.165) is 24.3 Å². The lowest BCUT2D eigenvalue weighted by molar-refractivity contribution is 0.0527. The first-order chi connectivity index (χ1) is 9.61. The number of hydrogen-bond acceptors (Lipinski definition) is 5. The first-order valence-electron chi connectivity index (χ1n) is 6.72. The van der Waals surface area contributed by atoms with Gasteiger partial charge in [0.15, 0.2) is 0 Å². The monoisotopic (exact) mass is 298 g/mol. The quantitative estimate of drug-likeness (QED) is 0.661. The Morgan fingerprint density at radius 1 is 1.50 bits per heavy atom. The summed E-state index contributed by atoms with van der Waals surface area (Å²) in [6.45, 7) is 1.98. The van der Waals surface area contributed by atoms with Crippen molar-refractivity contribution in [3.8, 4) is 0 Å². The Labute approximate surface area is 122 Å². The molecule has 1 saturated heterocycles. The van der Waals surface area contributed by atoms with Gasteiger partial charge in [-0.15, -0.1) is 0 Å². The molecular formula is C14H19FN2O2S. The maximum Gasteiger partial charge on any atom is 0.340 e. The maximum atomic E-state index is 13.9. The summed E-state index contributed by atoms with van der Waals surface area (Å²) < 4.78 is 18.9. The van der Waals surface area contributed by atoms with Crippen LogP contribution in [-0.4, -0.2) is 30.1 Å². The molecule has 1 aliphatic rings. The van der Waals surface area contributed by atoms with Crippen LogP contribution in [0, 0.1) is 5.82 Å². The third-order valence-electron chi connectivity index (χ3n) is 3.22. The molecule has 3 N–H and O–H groups in total. The number of carbonyl (C=O) groups is 1. The molecule has 0 atom stereocenters. The Morgan fingerprint density at radius 3 is 2.85 bits per heavy atom. The van der Waals surface area contributed by atoms with Crippen molar-refractivity contribution in [1.29, 1.82) is 0 Å². The summed E-state index contributed by atoms with van der Waals surface area (Å²) in [5.41, 5.74) is 6.31. The Hall–Kier alpha value is -1.43. The first kappa shape index (κ1) is 15.0. The summed E-state index contributed by atoms with van der Waals surface area (Å²) in [7, 11) is 0. The van der Waals surface area contributed by atoms with Crippen molar-refractivity contribution in [3.05, 3.63) is 23.5 Å². The molecule has 0 radical (unpaired) electrons. The predicted octanol–water partition coefficient (Wildman–Crippen LogP) is 2.89. The summed E-state index contributed by atoms with van der Waals surface area (Å²) in [6.07, 6.45) is 1.98. The number of nitrogens with one attached hydrogen (secondary N) is 1. The summed E-state index contributed by atoms with van der Waals surface area (Å²) in [6, 6.07) is 2.86. The van der Waals surface area contributed by atoms with Gasteiger partial charge < -0.3 is 15.8 Å². The highest BCUT2D eigenvalue weighted by molar-refractivity contribution is 7.99. The van der Waals surface area contributed by atoms with Crippen molar-refractivity contribution in [2.75, 3.05) is 29.2 Å². The van der Waals surface area contributed by atoms with E-state index in [1.807, 2.05) is 11.8 Å². The molecular weight excluding hydrogens is 279 g/mol. The van der Waals surface area contributed by atoms with Gasteiger partial charge in [0.05, 0.1) is 17.9 Å². The van der Waals surface area contributed by atoms with Gasteiger partial charge in [0.2, 0.25) is 0 Å². The van der Waals surface area contributed by atoms with Gasteiger partial charge in [0, 0.05) is 11.7 Å². The van der Waals surface area contributed by atoms with Gasteiger partial charge in [0.1, 0.15) is 5.82 Å². The highest BCUT2D eigenvalue weighted by atomic mass is 32.2. The van der Waals surface area contributed by atoms with E-state index >= 15 is 0 Å². The standard InChI is InChI=1S/C14H19FN2O2S/c1-2-19-14(18)10-7-13(11(15)8-12(10)16)17-9-3-5-20-6-4-9/h7-9,17H,2-6,16H2,1H3. The number of anilines is 2. The van der Waals surface area contributed by atoms with E-state index in [1.54, 1.807) is 6.92 Å². The summed E-state index contributed by atoms with van der Waals surface area (Å²) in [4.78, 5) is 11.8. The fourth-order valence-electron chi connectivity index (χ4n) is 2.15. The topological polar surface area (TPSA) is 64.3 Å². The average molecular weight is 298 g/mol. The van der Waals surface area contributed by atoms with Gasteiger partial charge >= 0.3 is 5.97 Å². The lowest BCUT2D eigenvalue weighted by atomic mass is 10.1. The molecule has 0 saturated carbocycles. The molecule has 1 aliphatic heterocycles. The maximum absolute atomic E-state index is 13.9. The highest BCUT2D eigenvalue weighted by Gasteiger charge is 2.19. The van der Waals surface area contributed by atoms with Crippen molar-refractivity contribution in [2.24, 2.45) is 0 Å². The second-order valence-electron chi connectivity index (χ2n) is 4.67. The smallest absolute Gasteiger partial charge is 0.340 e. The van der Waals surface area contributed by atoms with Crippen LogP contribution >= 0.6 is 11.8 Å². The Morgan fingerprint density at radius 2 is 2.20 bits per heavy atom. The minimum Gasteiger partial charge on any atom is -0.462 e. The van der Waals surface area contributed by atoms with E-state index in [1.165, 1.54) is 12.1 Å². The minimum atomic E-state index is -0.521. The number of rotatable bonds is 4. The zero-order valence-corrected chi connectivity index (χ0v) is 12.3. The van der Waals surface area contributed by atoms with Crippen LogP contribution < -0.4 is 11.1 Å². The van der Waals surface area contributed by atoms with Crippen molar-refractivity contribution in [3.63, 3.8) is 0 Å². The van der Waals surface area contributed by atoms with E-state index in [0.29, 0.717) is 5.69 Å². The van der Waals surface area contributed by atoms with Gasteiger partial charge in [-0.05, 0) is 43.4 Å². The lowest BCUT2D eigenvalue weighted by Crippen LogP contribution is -2.25.